The number of hydrogen-bond acceptors (Lipinski definition) is 4. The fraction of sp³-hybridized carbons (Fsp3) is 0.208. The zero-order valence-corrected chi connectivity index (χ0v) is 18.5. The largest absolute Gasteiger partial charge is 0.386 e. The Morgan fingerprint density at radius 1 is 1.06 bits per heavy atom. The summed E-state index contributed by atoms with van der Waals surface area (Å²) in [5.74, 6) is 0.139. The van der Waals surface area contributed by atoms with E-state index in [-0.39, 0.29) is 5.91 Å². The van der Waals surface area contributed by atoms with Gasteiger partial charge in [-0.25, -0.2) is 9.50 Å². The number of hydrogen-bond donors (Lipinski definition) is 2. The van der Waals surface area contributed by atoms with Crippen LogP contribution < -0.4 is 5.32 Å². The van der Waals surface area contributed by atoms with Gasteiger partial charge >= 0.3 is 0 Å². The molecular weight excluding hydrogens is 412 g/mol. The molecule has 2 aromatic carbocycles. The molecule has 0 bridgehead atoms. The summed E-state index contributed by atoms with van der Waals surface area (Å²) in [7, 11) is 0. The van der Waals surface area contributed by atoms with Gasteiger partial charge in [0.2, 0.25) is 0 Å². The summed E-state index contributed by atoms with van der Waals surface area (Å²) in [4.78, 5) is 17.4. The molecule has 31 heavy (non-hydrogen) atoms. The van der Waals surface area contributed by atoms with E-state index in [1.165, 1.54) is 0 Å². The summed E-state index contributed by atoms with van der Waals surface area (Å²) >= 11 is 6.19. The molecule has 0 aliphatic carbocycles. The van der Waals surface area contributed by atoms with Gasteiger partial charge in [0.1, 0.15) is 5.82 Å². The van der Waals surface area contributed by atoms with Crippen molar-refractivity contribution in [2.45, 2.75) is 33.3 Å². The number of aryl methyl sites for hydroxylation is 2. The number of rotatable bonds is 4. The summed E-state index contributed by atoms with van der Waals surface area (Å²) in [5, 5.41) is 18.2. The number of halogens is 1. The van der Waals surface area contributed by atoms with Gasteiger partial charge in [-0.3, -0.25) is 4.79 Å². The standard InChI is InChI=1S/C24H23ClN4O2/c1-14-11-17(7-10-19(14)25)20-13-21(26-22-12-15(2)28-29(20)22)27-23(30)16-5-8-18(9-6-16)24(3,4)31/h5-13,31H,1-4H3,(H,26,27,30). The molecule has 6 nitrogen and oxygen atoms in total. The Balaban J connectivity index is 1.71. The average Bonchev–Trinajstić information content (AvgIpc) is 3.09. The van der Waals surface area contributed by atoms with E-state index >= 15 is 0 Å². The minimum absolute atomic E-state index is 0.284. The van der Waals surface area contributed by atoms with Crippen molar-refractivity contribution in [3.05, 3.63) is 82.0 Å². The van der Waals surface area contributed by atoms with Crippen molar-refractivity contribution in [3.8, 4) is 11.3 Å². The van der Waals surface area contributed by atoms with Crippen LogP contribution in [0.4, 0.5) is 5.82 Å². The Labute approximate surface area is 185 Å². The maximum Gasteiger partial charge on any atom is 0.256 e. The lowest BCUT2D eigenvalue weighted by atomic mass is 9.97. The fourth-order valence-electron chi connectivity index (χ4n) is 3.38. The molecule has 0 saturated carbocycles. The molecule has 0 saturated heterocycles. The predicted molar refractivity (Wildman–Crippen MR) is 123 cm³/mol. The van der Waals surface area contributed by atoms with Crippen molar-refractivity contribution in [1.29, 1.82) is 0 Å². The third-order valence-electron chi connectivity index (χ3n) is 5.10. The molecular formula is C24H23ClN4O2. The maximum absolute atomic E-state index is 12.8. The molecule has 0 fully saturated rings. The topological polar surface area (TPSA) is 79.5 Å². The number of carbonyl (C=O) groups excluding carboxylic acids is 1. The molecule has 0 aliphatic rings. The van der Waals surface area contributed by atoms with Crippen molar-refractivity contribution in [3.63, 3.8) is 0 Å². The van der Waals surface area contributed by atoms with Crippen LogP contribution in [0.2, 0.25) is 5.02 Å². The second-order valence-corrected chi connectivity index (χ2v) is 8.54. The first-order valence-corrected chi connectivity index (χ1v) is 10.3. The first-order valence-electron chi connectivity index (χ1n) is 9.90. The summed E-state index contributed by atoms with van der Waals surface area (Å²) in [5.41, 5.74) is 4.37. The lowest BCUT2D eigenvalue weighted by molar-refractivity contribution is 0.0785. The van der Waals surface area contributed by atoms with Crippen LogP contribution in [-0.4, -0.2) is 25.6 Å². The lowest BCUT2D eigenvalue weighted by Gasteiger charge is -2.17. The minimum atomic E-state index is -0.965. The van der Waals surface area contributed by atoms with Crippen LogP contribution in [0.3, 0.4) is 0 Å². The molecule has 0 spiro atoms. The van der Waals surface area contributed by atoms with E-state index in [2.05, 4.69) is 15.4 Å². The zero-order valence-electron chi connectivity index (χ0n) is 17.8. The molecule has 4 rings (SSSR count). The smallest absolute Gasteiger partial charge is 0.256 e. The number of aromatic nitrogens is 3. The third-order valence-corrected chi connectivity index (χ3v) is 5.52. The van der Waals surface area contributed by atoms with Crippen molar-refractivity contribution in [1.82, 2.24) is 14.6 Å². The highest BCUT2D eigenvalue weighted by Gasteiger charge is 2.17. The molecule has 2 N–H and O–H groups in total. The summed E-state index contributed by atoms with van der Waals surface area (Å²) in [6.45, 7) is 7.25. The van der Waals surface area contributed by atoms with Crippen molar-refractivity contribution in [2.75, 3.05) is 5.32 Å². The quantitative estimate of drug-likeness (QED) is 0.465. The molecule has 7 heteroatoms. The van der Waals surface area contributed by atoms with Crippen LogP contribution in [0.1, 0.15) is 41.0 Å². The van der Waals surface area contributed by atoms with Crippen molar-refractivity contribution >= 4 is 29.0 Å². The Morgan fingerprint density at radius 3 is 2.42 bits per heavy atom. The van der Waals surface area contributed by atoms with Gasteiger partial charge in [0.15, 0.2) is 5.65 Å². The van der Waals surface area contributed by atoms with E-state index in [1.54, 1.807) is 48.7 Å². The Bertz CT molecular complexity index is 1290. The molecule has 2 aromatic heterocycles. The third kappa shape index (κ3) is 4.31. The van der Waals surface area contributed by atoms with Gasteiger partial charge < -0.3 is 10.4 Å². The number of nitrogens with zero attached hydrogens (tertiary/aromatic N) is 3. The van der Waals surface area contributed by atoms with E-state index in [9.17, 15) is 9.90 Å². The van der Waals surface area contributed by atoms with Crippen molar-refractivity contribution in [2.24, 2.45) is 0 Å². The summed E-state index contributed by atoms with van der Waals surface area (Å²) in [6.07, 6.45) is 0. The van der Waals surface area contributed by atoms with Gasteiger partial charge in [0.05, 0.1) is 17.0 Å². The molecule has 0 atom stereocenters. The Kier molecular flexibility index (Phi) is 5.29. The van der Waals surface area contributed by atoms with Gasteiger partial charge in [-0.2, -0.15) is 5.10 Å². The highest BCUT2D eigenvalue weighted by Crippen LogP contribution is 2.27. The first-order chi connectivity index (χ1) is 14.6. The number of carbonyl (C=O) groups is 1. The van der Waals surface area contributed by atoms with Gasteiger partial charge in [-0.1, -0.05) is 29.8 Å². The molecule has 1 amide bonds. The number of fused-ring (bicyclic) bond motifs is 1. The minimum Gasteiger partial charge on any atom is -0.386 e. The van der Waals surface area contributed by atoms with E-state index in [0.717, 1.165) is 28.1 Å². The number of benzene rings is 2. The highest BCUT2D eigenvalue weighted by molar-refractivity contribution is 6.31. The molecule has 158 valence electrons. The Morgan fingerprint density at radius 2 is 1.77 bits per heavy atom. The van der Waals surface area contributed by atoms with Crippen LogP contribution in [-0.2, 0) is 5.60 Å². The van der Waals surface area contributed by atoms with E-state index in [0.29, 0.717) is 22.1 Å². The number of anilines is 1. The second kappa shape index (κ2) is 7.80. The first kappa shape index (κ1) is 21.0. The van der Waals surface area contributed by atoms with E-state index in [1.807, 2.05) is 38.1 Å². The SMILES string of the molecule is Cc1cc2nc(NC(=O)c3ccc(C(C)(C)O)cc3)cc(-c3ccc(Cl)c(C)c3)n2n1. The highest BCUT2D eigenvalue weighted by atomic mass is 35.5. The molecule has 0 unspecified atom stereocenters. The number of nitrogens with one attached hydrogen (secondary N) is 1. The lowest BCUT2D eigenvalue weighted by Crippen LogP contribution is -2.17. The molecule has 2 heterocycles. The fourth-order valence-corrected chi connectivity index (χ4v) is 3.50. The van der Waals surface area contributed by atoms with Gasteiger partial charge in [0, 0.05) is 28.3 Å². The van der Waals surface area contributed by atoms with Crippen LogP contribution in [0.25, 0.3) is 16.9 Å². The monoisotopic (exact) mass is 434 g/mol. The molecule has 0 aliphatic heterocycles. The average molecular weight is 435 g/mol. The summed E-state index contributed by atoms with van der Waals surface area (Å²) in [6, 6.07) is 16.3. The van der Waals surface area contributed by atoms with Gasteiger partial charge in [-0.15, -0.1) is 0 Å². The predicted octanol–water partition coefficient (Wildman–Crippen LogP) is 5.15. The van der Waals surface area contributed by atoms with Crippen molar-refractivity contribution < 1.29 is 9.90 Å². The molecule has 0 radical (unpaired) electrons. The van der Waals surface area contributed by atoms with Crippen LogP contribution in [0.15, 0.2) is 54.6 Å². The molecule has 4 aromatic rings. The maximum atomic E-state index is 12.8. The summed E-state index contributed by atoms with van der Waals surface area (Å²) < 4.78 is 1.76. The zero-order chi connectivity index (χ0) is 22.3. The number of amides is 1. The van der Waals surface area contributed by atoms with E-state index < -0.39 is 5.60 Å². The normalized spacial score (nSPS) is 11.7. The van der Waals surface area contributed by atoms with Crippen LogP contribution in [0.5, 0.6) is 0 Å². The van der Waals surface area contributed by atoms with Crippen LogP contribution in [0, 0.1) is 13.8 Å². The van der Waals surface area contributed by atoms with Gasteiger partial charge in [0.25, 0.3) is 5.91 Å². The van der Waals surface area contributed by atoms with Gasteiger partial charge in [-0.05, 0) is 63.1 Å². The van der Waals surface area contributed by atoms with Crippen LogP contribution >= 0.6 is 11.6 Å². The Hall–Kier alpha value is -3.22. The number of aliphatic hydroxyl groups is 1. The van der Waals surface area contributed by atoms with E-state index in [4.69, 9.17) is 11.6 Å². The second-order valence-electron chi connectivity index (χ2n) is 8.14.